The van der Waals surface area contributed by atoms with Gasteiger partial charge in [0, 0.05) is 13.1 Å². The Morgan fingerprint density at radius 2 is 2.06 bits per heavy atom. The Kier molecular flexibility index (Phi) is 4.18. The number of nitrogens with zero attached hydrogens (tertiary/aromatic N) is 1. The summed E-state index contributed by atoms with van der Waals surface area (Å²) in [5, 5.41) is 0. The second-order valence-corrected chi connectivity index (χ2v) is 4.62. The van der Waals surface area contributed by atoms with Crippen molar-refractivity contribution in [2.24, 2.45) is 0 Å². The summed E-state index contributed by atoms with van der Waals surface area (Å²) in [5.74, 6) is -0.292. The Bertz CT molecular complexity index is 428. The molecule has 0 unspecified atom stereocenters. The van der Waals surface area contributed by atoms with E-state index in [1.54, 1.807) is 30.0 Å². The van der Waals surface area contributed by atoms with Crippen molar-refractivity contribution in [3.05, 3.63) is 29.6 Å². The van der Waals surface area contributed by atoms with E-state index in [2.05, 4.69) is 0 Å². The molecule has 1 fully saturated rings. The van der Waals surface area contributed by atoms with E-state index >= 15 is 0 Å². The van der Waals surface area contributed by atoms with Gasteiger partial charge < -0.3 is 9.64 Å². The Morgan fingerprint density at radius 1 is 1.33 bits per heavy atom. The van der Waals surface area contributed by atoms with Crippen LogP contribution in [0.25, 0.3) is 0 Å². The fourth-order valence-electron chi connectivity index (χ4n) is 2.11. The first-order valence-electron chi connectivity index (χ1n) is 6.34. The highest BCUT2D eigenvalue weighted by atomic mass is 19.1. The summed E-state index contributed by atoms with van der Waals surface area (Å²) >= 11 is 0. The third-order valence-corrected chi connectivity index (χ3v) is 3.22. The number of aryl methyl sites for hydroxylation is 1. The normalized spacial score (nSPS) is 15.6. The van der Waals surface area contributed by atoms with Crippen LogP contribution in [-0.2, 0) is 4.79 Å². The molecule has 1 heterocycles. The van der Waals surface area contributed by atoms with E-state index in [1.807, 2.05) is 0 Å². The van der Waals surface area contributed by atoms with Gasteiger partial charge in [-0.15, -0.1) is 0 Å². The predicted octanol–water partition coefficient (Wildman–Crippen LogP) is 2.53. The van der Waals surface area contributed by atoms with Crippen molar-refractivity contribution in [3.63, 3.8) is 0 Å². The Balaban J connectivity index is 1.90. The third-order valence-electron chi connectivity index (χ3n) is 3.22. The van der Waals surface area contributed by atoms with Crippen molar-refractivity contribution in [2.45, 2.75) is 26.2 Å². The van der Waals surface area contributed by atoms with Gasteiger partial charge in [-0.1, -0.05) is 12.1 Å². The van der Waals surface area contributed by atoms with Crippen LogP contribution in [0.4, 0.5) is 4.39 Å². The van der Waals surface area contributed by atoms with Crippen LogP contribution >= 0.6 is 0 Å². The zero-order valence-corrected chi connectivity index (χ0v) is 10.6. The van der Waals surface area contributed by atoms with Crippen molar-refractivity contribution < 1.29 is 13.9 Å². The highest BCUT2D eigenvalue weighted by molar-refractivity contribution is 5.77. The molecule has 1 aromatic rings. The van der Waals surface area contributed by atoms with Gasteiger partial charge in [0.2, 0.25) is 0 Å². The van der Waals surface area contributed by atoms with Crippen LogP contribution in [0.15, 0.2) is 18.2 Å². The second kappa shape index (κ2) is 5.85. The Hall–Kier alpha value is -1.58. The van der Waals surface area contributed by atoms with E-state index in [4.69, 9.17) is 4.74 Å². The van der Waals surface area contributed by atoms with E-state index in [1.165, 1.54) is 6.42 Å². The van der Waals surface area contributed by atoms with E-state index in [0.29, 0.717) is 5.56 Å². The molecule has 0 bridgehead atoms. The lowest BCUT2D eigenvalue weighted by Crippen LogP contribution is -2.38. The number of amides is 1. The molecule has 0 spiro atoms. The maximum Gasteiger partial charge on any atom is 0.260 e. The van der Waals surface area contributed by atoms with Crippen LogP contribution < -0.4 is 4.74 Å². The van der Waals surface area contributed by atoms with Gasteiger partial charge >= 0.3 is 0 Å². The Labute approximate surface area is 107 Å². The molecule has 1 aromatic carbocycles. The zero-order valence-electron chi connectivity index (χ0n) is 10.6. The molecule has 0 atom stereocenters. The number of hydrogen-bond acceptors (Lipinski definition) is 2. The monoisotopic (exact) mass is 251 g/mol. The minimum absolute atomic E-state index is 0.0596. The lowest BCUT2D eigenvalue weighted by molar-refractivity contribution is -0.134. The lowest BCUT2D eigenvalue weighted by atomic mass is 10.1. The van der Waals surface area contributed by atoms with Gasteiger partial charge in [-0.3, -0.25) is 4.79 Å². The molecule has 18 heavy (non-hydrogen) atoms. The fraction of sp³-hybridized carbons (Fsp3) is 0.500. The Morgan fingerprint density at radius 3 is 2.78 bits per heavy atom. The first kappa shape index (κ1) is 12.9. The molecule has 0 aliphatic carbocycles. The van der Waals surface area contributed by atoms with E-state index in [0.717, 1.165) is 25.9 Å². The quantitative estimate of drug-likeness (QED) is 0.826. The first-order chi connectivity index (χ1) is 8.68. The van der Waals surface area contributed by atoms with Gasteiger partial charge in [0.25, 0.3) is 5.91 Å². The summed E-state index contributed by atoms with van der Waals surface area (Å²) < 4.78 is 18.9. The van der Waals surface area contributed by atoms with Crippen LogP contribution in [0.1, 0.15) is 24.8 Å². The summed E-state index contributed by atoms with van der Waals surface area (Å²) in [5.41, 5.74) is 0.526. The molecule has 1 saturated heterocycles. The minimum atomic E-state index is -0.385. The minimum Gasteiger partial charge on any atom is -0.481 e. The molecule has 1 aliphatic rings. The zero-order chi connectivity index (χ0) is 13.0. The molecule has 98 valence electrons. The molecular formula is C14H18FNO2. The molecular weight excluding hydrogens is 233 g/mol. The van der Waals surface area contributed by atoms with Crippen LogP contribution in [0, 0.1) is 12.7 Å². The highest BCUT2D eigenvalue weighted by Crippen LogP contribution is 2.19. The molecule has 0 aromatic heterocycles. The number of carbonyl (C=O) groups excluding carboxylic acids is 1. The van der Waals surface area contributed by atoms with Crippen LogP contribution in [0.2, 0.25) is 0 Å². The summed E-state index contributed by atoms with van der Waals surface area (Å²) in [6.07, 6.45) is 3.27. The van der Waals surface area contributed by atoms with Crippen molar-refractivity contribution in [3.8, 4) is 5.75 Å². The summed E-state index contributed by atoms with van der Waals surface area (Å²) in [7, 11) is 0. The highest BCUT2D eigenvalue weighted by Gasteiger charge is 2.17. The number of likely N-dealkylation sites (tertiary alicyclic amines) is 1. The standard InChI is InChI=1S/C14H18FNO2/c1-11-6-5-7-12(14(11)15)18-10-13(17)16-8-3-2-4-9-16/h5-7H,2-4,8-10H2,1H3. The number of carbonyl (C=O) groups is 1. The molecule has 2 rings (SSSR count). The van der Waals surface area contributed by atoms with Crippen molar-refractivity contribution in [1.29, 1.82) is 0 Å². The average molecular weight is 251 g/mol. The number of ether oxygens (including phenoxy) is 1. The maximum absolute atomic E-state index is 13.6. The maximum atomic E-state index is 13.6. The number of benzene rings is 1. The van der Waals surface area contributed by atoms with Crippen LogP contribution in [0.5, 0.6) is 5.75 Å². The van der Waals surface area contributed by atoms with Crippen LogP contribution in [0.3, 0.4) is 0 Å². The van der Waals surface area contributed by atoms with Crippen LogP contribution in [-0.4, -0.2) is 30.5 Å². The molecule has 0 radical (unpaired) electrons. The van der Waals surface area contributed by atoms with E-state index in [9.17, 15) is 9.18 Å². The average Bonchev–Trinajstić information content (AvgIpc) is 2.41. The SMILES string of the molecule is Cc1cccc(OCC(=O)N2CCCCC2)c1F. The largest absolute Gasteiger partial charge is 0.481 e. The molecule has 3 nitrogen and oxygen atoms in total. The molecule has 4 heteroatoms. The summed E-state index contributed by atoms with van der Waals surface area (Å²) in [6.45, 7) is 3.17. The number of hydrogen-bond donors (Lipinski definition) is 0. The van der Waals surface area contributed by atoms with Crippen molar-refractivity contribution in [1.82, 2.24) is 4.90 Å². The number of halogens is 1. The van der Waals surface area contributed by atoms with Crippen molar-refractivity contribution >= 4 is 5.91 Å². The molecule has 1 aliphatic heterocycles. The number of piperidine rings is 1. The molecule has 0 N–H and O–H groups in total. The lowest BCUT2D eigenvalue weighted by Gasteiger charge is -2.26. The third kappa shape index (κ3) is 3.00. The summed E-state index contributed by atoms with van der Waals surface area (Å²) in [6, 6.07) is 4.94. The summed E-state index contributed by atoms with van der Waals surface area (Å²) in [4.78, 5) is 13.6. The van der Waals surface area contributed by atoms with Gasteiger partial charge in [0.15, 0.2) is 18.2 Å². The van der Waals surface area contributed by atoms with Gasteiger partial charge in [-0.05, 0) is 37.8 Å². The second-order valence-electron chi connectivity index (χ2n) is 4.62. The van der Waals surface area contributed by atoms with Gasteiger partial charge in [0.1, 0.15) is 0 Å². The molecule has 0 saturated carbocycles. The van der Waals surface area contributed by atoms with E-state index in [-0.39, 0.29) is 24.1 Å². The first-order valence-corrected chi connectivity index (χ1v) is 6.34. The van der Waals surface area contributed by atoms with Gasteiger partial charge in [-0.2, -0.15) is 0 Å². The molecule has 1 amide bonds. The number of rotatable bonds is 3. The predicted molar refractivity (Wildman–Crippen MR) is 67.1 cm³/mol. The topological polar surface area (TPSA) is 29.5 Å². The van der Waals surface area contributed by atoms with Gasteiger partial charge in [0.05, 0.1) is 0 Å². The van der Waals surface area contributed by atoms with E-state index < -0.39 is 0 Å². The van der Waals surface area contributed by atoms with Crippen molar-refractivity contribution in [2.75, 3.05) is 19.7 Å². The smallest absolute Gasteiger partial charge is 0.260 e. The van der Waals surface area contributed by atoms with Gasteiger partial charge in [-0.25, -0.2) is 4.39 Å². The fourth-order valence-corrected chi connectivity index (χ4v) is 2.11.